The van der Waals surface area contributed by atoms with Crippen LogP contribution in [-0.2, 0) is 35.5 Å². The molecule has 0 aliphatic carbocycles. The fourth-order valence-corrected chi connectivity index (χ4v) is 5.97. The number of fused-ring (bicyclic) bond motifs is 1. The van der Waals surface area contributed by atoms with E-state index in [1.807, 2.05) is 64.1 Å². The Morgan fingerprint density at radius 2 is 1.47 bits per heavy atom. The number of anilines is 1. The largest absolute Gasteiger partial charge is 0.497 e. The number of unbranched alkanes of at least 4 members (excludes halogenated alkanes) is 1. The van der Waals surface area contributed by atoms with E-state index >= 15 is 0 Å². The number of methoxy groups -OCH3 is 4. The number of aryl methyl sites for hydroxylation is 1. The number of rotatable bonds is 16. The average Bonchev–Trinajstić information content (AvgIpc) is 3.46. The number of aromatic nitrogens is 4. The van der Waals surface area contributed by atoms with Gasteiger partial charge in [0.2, 0.25) is 0 Å². The summed E-state index contributed by atoms with van der Waals surface area (Å²) in [5.41, 5.74) is 3.41. The van der Waals surface area contributed by atoms with Crippen molar-refractivity contribution in [2.45, 2.75) is 85.4 Å². The maximum Gasteiger partial charge on any atom is 0.260 e. The molecule has 1 fully saturated rings. The molecule has 49 heavy (non-hydrogen) atoms. The molecule has 12 heteroatoms. The molecule has 1 saturated heterocycles. The SMILES string of the molecule is CCCCc1nc2c(N(Cc3ccc(OC)cc3OC)Cc3ccc(OC)cc3OC)nnc(OC(C)C)c2n1CC1COC(C)(C)OC1. The summed E-state index contributed by atoms with van der Waals surface area (Å²) in [5.74, 6) is 4.36. The number of hydrogen-bond acceptors (Lipinski definition) is 11. The first-order valence-electron chi connectivity index (χ1n) is 17.0. The molecule has 0 unspecified atom stereocenters. The summed E-state index contributed by atoms with van der Waals surface area (Å²) in [6, 6.07) is 11.6. The lowest BCUT2D eigenvalue weighted by atomic mass is 10.1. The van der Waals surface area contributed by atoms with Crippen LogP contribution in [0.5, 0.6) is 28.9 Å². The smallest absolute Gasteiger partial charge is 0.260 e. The van der Waals surface area contributed by atoms with Crippen molar-refractivity contribution >= 4 is 16.9 Å². The first-order valence-corrected chi connectivity index (χ1v) is 17.0. The molecule has 3 heterocycles. The van der Waals surface area contributed by atoms with E-state index in [0.29, 0.717) is 67.5 Å². The molecular formula is C37H51N5O7. The van der Waals surface area contributed by atoms with Crippen LogP contribution in [0.15, 0.2) is 36.4 Å². The average molecular weight is 678 g/mol. The standard InChI is InChI=1S/C37H51N5O7/c1-10-11-12-32-38-33-34(42(32)19-25-22-47-37(4,5)48-23-25)36(49-24(2)3)40-39-35(33)41(20-26-13-15-28(43-6)17-30(26)45-8)21-27-14-16-29(44-7)18-31(27)46-9/h13-18,24-25H,10-12,19-23H2,1-9H3. The molecule has 12 nitrogen and oxygen atoms in total. The van der Waals surface area contributed by atoms with Gasteiger partial charge in [0.15, 0.2) is 11.6 Å². The lowest BCUT2D eigenvalue weighted by molar-refractivity contribution is -0.263. The van der Waals surface area contributed by atoms with Crippen LogP contribution in [0.4, 0.5) is 5.82 Å². The van der Waals surface area contributed by atoms with Gasteiger partial charge < -0.3 is 42.6 Å². The highest BCUT2D eigenvalue weighted by atomic mass is 16.7. The minimum absolute atomic E-state index is 0.115. The Labute approximate surface area is 289 Å². The van der Waals surface area contributed by atoms with Crippen molar-refractivity contribution in [1.82, 2.24) is 19.7 Å². The Morgan fingerprint density at radius 3 is 1.98 bits per heavy atom. The second-order valence-corrected chi connectivity index (χ2v) is 13.0. The summed E-state index contributed by atoms with van der Waals surface area (Å²) >= 11 is 0. The Bertz CT molecular complexity index is 1640. The van der Waals surface area contributed by atoms with Crippen molar-refractivity contribution in [2.24, 2.45) is 5.92 Å². The molecule has 1 aliphatic heterocycles. The van der Waals surface area contributed by atoms with Crippen molar-refractivity contribution in [3.63, 3.8) is 0 Å². The van der Waals surface area contributed by atoms with Gasteiger partial charge in [0.25, 0.3) is 5.88 Å². The molecule has 2 aromatic heterocycles. The van der Waals surface area contributed by atoms with E-state index < -0.39 is 5.79 Å². The minimum Gasteiger partial charge on any atom is -0.497 e. The molecule has 266 valence electrons. The third-order valence-electron chi connectivity index (χ3n) is 8.58. The van der Waals surface area contributed by atoms with Gasteiger partial charge in [-0.3, -0.25) is 0 Å². The fourth-order valence-electron chi connectivity index (χ4n) is 5.97. The molecule has 0 saturated carbocycles. The summed E-state index contributed by atoms with van der Waals surface area (Å²) in [5, 5.41) is 9.55. The summed E-state index contributed by atoms with van der Waals surface area (Å²) in [6.45, 7) is 12.7. The van der Waals surface area contributed by atoms with Gasteiger partial charge >= 0.3 is 0 Å². The third-order valence-corrected chi connectivity index (χ3v) is 8.58. The molecule has 4 aromatic rings. The zero-order chi connectivity index (χ0) is 35.1. The minimum atomic E-state index is -0.603. The van der Waals surface area contributed by atoms with Crippen LogP contribution in [-0.4, -0.2) is 73.3 Å². The Hall–Kier alpha value is -4.29. The topological polar surface area (TPSA) is 111 Å². The predicted molar refractivity (Wildman–Crippen MR) is 188 cm³/mol. The van der Waals surface area contributed by atoms with E-state index in [0.717, 1.165) is 47.2 Å². The molecule has 0 N–H and O–H groups in total. The van der Waals surface area contributed by atoms with Crippen molar-refractivity contribution in [2.75, 3.05) is 46.6 Å². The van der Waals surface area contributed by atoms with Gasteiger partial charge in [-0.25, -0.2) is 4.98 Å². The summed E-state index contributed by atoms with van der Waals surface area (Å²) in [4.78, 5) is 7.46. The van der Waals surface area contributed by atoms with E-state index in [-0.39, 0.29) is 12.0 Å². The van der Waals surface area contributed by atoms with Crippen molar-refractivity contribution in [3.05, 3.63) is 53.3 Å². The van der Waals surface area contributed by atoms with Gasteiger partial charge in [0.1, 0.15) is 39.9 Å². The van der Waals surface area contributed by atoms with Crippen LogP contribution in [0, 0.1) is 5.92 Å². The van der Waals surface area contributed by atoms with E-state index in [2.05, 4.69) is 16.4 Å². The van der Waals surface area contributed by atoms with Crippen LogP contribution in [0.2, 0.25) is 0 Å². The molecule has 2 aromatic carbocycles. The second kappa shape index (κ2) is 15.9. The van der Waals surface area contributed by atoms with Crippen molar-refractivity contribution < 1.29 is 33.2 Å². The molecule has 1 aliphatic rings. The number of nitrogens with zero attached hydrogens (tertiary/aromatic N) is 5. The number of imidazole rings is 1. The normalized spacial score (nSPS) is 14.7. The Morgan fingerprint density at radius 1 is 0.878 bits per heavy atom. The summed E-state index contributed by atoms with van der Waals surface area (Å²) < 4.78 is 43.3. The highest BCUT2D eigenvalue weighted by Crippen LogP contribution is 2.37. The van der Waals surface area contributed by atoms with Gasteiger partial charge in [-0.15, -0.1) is 10.2 Å². The molecule has 5 rings (SSSR count). The van der Waals surface area contributed by atoms with E-state index in [1.165, 1.54) is 0 Å². The van der Waals surface area contributed by atoms with Crippen LogP contribution >= 0.6 is 0 Å². The Balaban J connectivity index is 1.68. The zero-order valence-corrected chi connectivity index (χ0v) is 30.4. The molecule has 0 amide bonds. The highest BCUT2D eigenvalue weighted by Gasteiger charge is 2.31. The van der Waals surface area contributed by atoms with Crippen molar-refractivity contribution in [3.8, 4) is 28.9 Å². The number of hydrogen-bond donors (Lipinski definition) is 0. The van der Waals surface area contributed by atoms with Gasteiger partial charge in [0.05, 0.1) is 47.8 Å². The maximum absolute atomic E-state index is 6.32. The quantitative estimate of drug-likeness (QED) is 0.128. The van der Waals surface area contributed by atoms with Crippen LogP contribution < -0.4 is 28.6 Å². The highest BCUT2D eigenvalue weighted by molar-refractivity contribution is 5.90. The Kier molecular flexibility index (Phi) is 11.7. The number of benzene rings is 2. The first-order chi connectivity index (χ1) is 23.6. The van der Waals surface area contributed by atoms with E-state index in [9.17, 15) is 0 Å². The van der Waals surface area contributed by atoms with Gasteiger partial charge in [-0.05, 0) is 58.4 Å². The zero-order valence-electron chi connectivity index (χ0n) is 30.4. The molecule has 0 bridgehead atoms. The van der Waals surface area contributed by atoms with Crippen LogP contribution in [0.1, 0.15) is 64.4 Å². The van der Waals surface area contributed by atoms with Gasteiger partial charge in [0, 0.05) is 55.2 Å². The molecule has 0 radical (unpaired) electrons. The predicted octanol–water partition coefficient (Wildman–Crippen LogP) is 6.60. The van der Waals surface area contributed by atoms with Crippen LogP contribution in [0.25, 0.3) is 11.0 Å². The van der Waals surface area contributed by atoms with Gasteiger partial charge in [-0.2, -0.15) is 0 Å². The first kappa shape index (κ1) is 36.0. The van der Waals surface area contributed by atoms with Crippen LogP contribution in [0.3, 0.4) is 0 Å². The van der Waals surface area contributed by atoms with E-state index in [4.69, 9.17) is 48.3 Å². The third kappa shape index (κ3) is 8.48. The molecular weight excluding hydrogens is 626 g/mol. The fraction of sp³-hybridized carbons (Fsp3) is 0.541. The lowest BCUT2D eigenvalue weighted by Gasteiger charge is -2.35. The monoisotopic (exact) mass is 677 g/mol. The maximum atomic E-state index is 6.32. The van der Waals surface area contributed by atoms with Gasteiger partial charge in [-0.1, -0.05) is 13.3 Å². The van der Waals surface area contributed by atoms with E-state index in [1.54, 1.807) is 28.4 Å². The molecule has 0 atom stereocenters. The number of ether oxygens (including phenoxy) is 7. The molecule has 0 spiro atoms. The second-order valence-electron chi connectivity index (χ2n) is 13.0. The summed E-state index contributed by atoms with van der Waals surface area (Å²) in [7, 11) is 6.60. The lowest BCUT2D eigenvalue weighted by Crippen LogP contribution is -2.40. The van der Waals surface area contributed by atoms with Crippen molar-refractivity contribution in [1.29, 1.82) is 0 Å². The summed E-state index contributed by atoms with van der Waals surface area (Å²) in [6.07, 6.45) is 2.70.